The molecule has 3 fully saturated rings. The van der Waals surface area contributed by atoms with Crippen LogP contribution in [-0.2, 0) is 29.9 Å². The molecule has 10 atom stereocenters. The highest BCUT2D eigenvalue weighted by Gasteiger charge is 2.53. The number of carbonyl (C=O) groups excluding carboxylic acids is 2. The van der Waals surface area contributed by atoms with Crippen LogP contribution in [0.25, 0.3) is 6.08 Å². The quantitative estimate of drug-likeness (QED) is 0.109. The number of halogens is 3. The fraction of sp³-hybridized carbons (Fsp3) is 0.455. The van der Waals surface area contributed by atoms with E-state index in [1.807, 2.05) is 0 Å². The number of ether oxygens (including phenoxy) is 5. The fourth-order valence-electron chi connectivity index (χ4n) is 5.75. The highest BCUT2D eigenvalue weighted by atomic mass is 19.4. The lowest BCUT2D eigenvalue weighted by Crippen LogP contribution is -2.67. The molecule has 2 aliphatic heterocycles. The Balaban J connectivity index is 1.15. The Hall–Kier alpha value is -4.07. The molecule has 1 saturated carbocycles. The van der Waals surface area contributed by atoms with Gasteiger partial charge in [0.15, 0.2) is 11.5 Å². The van der Waals surface area contributed by atoms with Crippen molar-refractivity contribution in [1.29, 1.82) is 0 Å². The minimum atomic E-state index is -4.55. The summed E-state index contributed by atoms with van der Waals surface area (Å²) < 4.78 is 65.1. The Kier molecular flexibility index (Phi) is 11.2. The van der Waals surface area contributed by atoms with Crippen molar-refractivity contribution in [2.24, 2.45) is 0 Å². The SMILES string of the molecule is C/C(=C\c1ccc(O[C@H]2O[C@@H](/C(C)=C/COC(=O)c3ccc(C(F)(F)F)cc3)[C@@H](O)[C@@H]2O)c(O)c1)C(=O)N[C@@H]1[C@H](O)[C@@H](O)[C@H]2OCO[C@H]2[C@@H]1O. The number of carbonyl (C=O) groups is 2. The summed E-state index contributed by atoms with van der Waals surface area (Å²) in [5, 5.41) is 65.6. The van der Waals surface area contributed by atoms with Crippen LogP contribution in [0.2, 0.25) is 0 Å². The molecule has 0 spiro atoms. The van der Waals surface area contributed by atoms with E-state index in [1.165, 1.54) is 44.2 Å². The summed E-state index contributed by atoms with van der Waals surface area (Å²) in [6.45, 7) is 2.47. The number of aliphatic hydroxyl groups excluding tert-OH is 5. The fourth-order valence-corrected chi connectivity index (χ4v) is 5.75. The van der Waals surface area contributed by atoms with Crippen molar-refractivity contribution in [3.8, 4) is 11.5 Å². The predicted molar refractivity (Wildman–Crippen MR) is 163 cm³/mol. The number of aromatic hydroxyl groups is 1. The van der Waals surface area contributed by atoms with Crippen LogP contribution in [0.1, 0.15) is 35.3 Å². The van der Waals surface area contributed by atoms with Crippen molar-refractivity contribution in [3.05, 3.63) is 76.4 Å². The van der Waals surface area contributed by atoms with Crippen molar-refractivity contribution in [2.75, 3.05) is 13.4 Å². The number of nitrogens with one attached hydrogen (secondary N) is 1. The van der Waals surface area contributed by atoms with Crippen molar-refractivity contribution < 1.29 is 77.1 Å². The first-order chi connectivity index (χ1) is 23.6. The third-order valence-corrected chi connectivity index (χ3v) is 8.61. The van der Waals surface area contributed by atoms with Gasteiger partial charge < -0.3 is 59.6 Å². The van der Waals surface area contributed by atoms with Crippen LogP contribution in [0.5, 0.6) is 11.5 Å². The molecule has 0 bridgehead atoms. The lowest BCUT2D eigenvalue weighted by molar-refractivity contribution is -0.155. The van der Waals surface area contributed by atoms with Crippen LogP contribution >= 0.6 is 0 Å². The lowest BCUT2D eigenvalue weighted by Gasteiger charge is -2.41. The summed E-state index contributed by atoms with van der Waals surface area (Å²) in [4.78, 5) is 25.1. The maximum absolute atomic E-state index is 12.9. The molecule has 2 heterocycles. The van der Waals surface area contributed by atoms with E-state index in [0.717, 1.165) is 24.3 Å². The average molecular weight is 712 g/mol. The van der Waals surface area contributed by atoms with Gasteiger partial charge in [0.1, 0.15) is 62.2 Å². The molecule has 272 valence electrons. The molecule has 1 aliphatic carbocycles. The summed E-state index contributed by atoms with van der Waals surface area (Å²) >= 11 is 0. The molecule has 0 unspecified atom stereocenters. The number of amides is 1. The first-order valence-corrected chi connectivity index (χ1v) is 15.4. The number of hydrogen-bond donors (Lipinski definition) is 7. The number of rotatable bonds is 9. The Bertz CT molecular complexity index is 1610. The summed E-state index contributed by atoms with van der Waals surface area (Å²) in [6, 6.07) is 6.27. The van der Waals surface area contributed by atoms with E-state index in [1.54, 1.807) is 0 Å². The highest BCUT2D eigenvalue weighted by molar-refractivity contribution is 5.97. The minimum absolute atomic E-state index is 0.0991. The smallest absolute Gasteiger partial charge is 0.416 e. The zero-order valence-corrected chi connectivity index (χ0v) is 26.6. The van der Waals surface area contributed by atoms with Gasteiger partial charge in [0.25, 0.3) is 0 Å². The zero-order chi connectivity index (χ0) is 36.5. The van der Waals surface area contributed by atoms with Gasteiger partial charge in [-0.05, 0) is 73.5 Å². The van der Waals surface area contributed by atoms with Gasteiger partial charge in [-0.1, -0.05) is 6.07 Å². The molecular formula is C33H36F3NO13. The van der Waals surface area contributed by atoms with Gasteiger partial charge in [-0.2, -0.15) is 13.2 Å². The van der Waals surface area contributed by atoms with E-state index in [4.69, 9.17) is 23.7 Å². The molecule has 5 rings (SSSR count). The van der Waals surface area contributed by atoms with Gasteiger partial charge in [0, 0.05) is 5.57 Å². The average Bonchev–Trinajstić information content (AvgIpc) is 3.68. The Morgan fingerprint density at radius 3 is 2.22 bits per heavy atom. The lowest BCUT2D eigenvalue weighted by atomic mass is 9.83. The van der Waals surface area contributed by atoms with Crippen molar-refractivity contribution in [1.82, 2.24) is 5.32 Å². The molecule has 3 aliphatic rings. The highest BCUT2D eigenvalue weighted by Crippen LogP contribution is 2.34. The second-order valence-corrected chi connectivity index (χ2v) is 12.1. The predicted octanol–water partition coefficient (Wildman–Crippen LogP) is 0.766. The number of benzene rings is 2. The minimum Gasteiger partial charge on any atom is -0.504 e. The van der Waals surface area contributed by atoms with Crippen LogP contribution in [0, 0.1) is 0 Å². The zero-order valence-electron chi connectivity index (χ0n) is 26.6. The monoisotopic (exact) mass is 711 g/mol. The normalized spacial score (nSPS) is 31.6. The van der Waals surface area contributed by atoms with Crippen LogP contribution in [-0.4, -0.2) is 117 Å². The summed E-state index contributed by atoms with van der Waals surface area (Å²) in [5.74, 6) is -2.11. The maximum atomic E-state index is 12.9. The van der Waals surface area contributed by atoms with Gasteiger partial charge in [0.05, 0.1) is 17.2 Å². The molecule has 1 amide bonds. The van der Waals surface area contributed by atoms with Crippen LogP contribution in [0.3, 0.4) is 0 Å². The van der Waals surface area contributed by atoms with E-state index < -0.39 is 90.5 Å². The Morgan fingerprint density at radius 1 is 0.920 bits per heavy atom. The number of hydrogen-bond acceptors (Lipinski definition) is 13. The molecule has 50 heavy (non-hydrogen) atoms. The van der Waals surface area contributed by atoms with Gasteiger partial charge >= 0.3 is 12.1 Å². The molecule has 0 aromatic heterocycles. The second-order valence-electron chi connectivity index (χ2n) is 12.1. The Morgan fingerprint density at radius 2 is 1.58 bits per heavy atom. The van der Waals surface area contributed by atoms with E-state index in [9.17, 15) is 53.4 Å². The van der Waals surface area contributed by atoms with E-state index in [2.05, 4.69) is 5.32 Å². The molecule has 17 heteroatoms. The van der Waals surface area contributed by atoms with E-state index >= 15 is 0 Å². The van der Waals surface area contributed by atoms with Crippen LogP contribution in [0.4, 0.5) is 13.2 Å². The summed E-state index contributed by atoms with van der Waals surface area (Å²) in [7, 11) is 0. The summed E-state index contributed by atoms with van der Waals surface area (Å²) in [5.41, 5.74) is -0.216. The third-order valence-electron chi connectivity index (χ3n) is 8.61. The molecule has 2 saturated heterocycles. The number of fused-ring (bicyclic) bond motifs is 1. The second kappa shape index (κ2) is 15.0. The third kappa shape index (κ3) is 7.95. The van der Waals surface area contributed by atoms with Crippen molar-refractivity contribution in [2.45, 2.75) is 81.2 Å². The maximum Gasteiger partial charge on any atom is 0.416 e. The number of aliphatic hydroxyl groups is 5. The summed E-state index contributed by atoms with van der Waals surface area (Å²) in [6.07, 6.45) is -13.5. The molecule has 2 aromatic carbocycles. The number of phenols is 1. The molecule has 2 aromatic rings. The molecule has 14 nitrogen and oxygen atoms in total. The standard InChI is InChI=1S/C33H36F3NO13/c1-14(9-10-46-31(45)17-4-6-18(7-5-17)33(34,35)36)27-25(42)26(43)32(50-27)49-20-8-3-16(12-19(20)38)11-15(2)30(44)37-21-22(39)24(41)29-28(23(21)40)47-13-48-29/h3-9,11-12,21-29,32,38-43H,10,13H2,1-2H3,(H,37,44)/b14-9+,15-11+/t21-,22+,23-,24-,25+,26+,27+,28+,29-,32+/m1/s1. The van der Waals surface area contributed by atoms with E-state index in [0.29, 0.717) is 11.1 Å². The number of phenolic OH excluding ortho intramolecular Hbond substituents is 1. The molecule has 7 N–H and O–H groups in total. The van der Waals surface area contributed by atoms with Crippen molar-refractivity contribution in [3.63, 3.8) is 0 Å². The van der Waals surface area contributed by atoms with Gasteiger partial charge in [0.2, 0.25) is 12.2 Å². The molecule has 0 radical (unpaired) electrons. The first-order valence-electron chi connectivity index (χ1n) is 15.4. The van der Waals surface area contributed by atoms with E-state index in [-0.39, 0.29) is 30.3 Å². The van der Waals surface area contributed by atoms with Gasteiger partial charge in [-0.15, -0.1) is 0 Å². The van der Waals surface area contributed by atoms with Gasteiger partial charge in [-0.3, -0.25) is 4.79 Å². The van der Waals surface area contributed by atoms with Crippen LogP contribution in [0.15, 0.2) is 59.7 Å². The first kappa shape index (κ1) is 37.2. The number of esters is 1. The largest absolute Gasteiger partial charge is 0.504 e. The number of alkyl halides is 3. The Labute approximate surface area is 282 Å². The van der Waals surface area contributed by atoms with Crippen molar-refractivity contribution >= 4 is 18.0 Å². The van der Waals surface area contributed by atoms with Gasteiger partial charge in [-0.25, -0.2) is 4.79 Å². The van der Waals surface area contributed by atoms with Crippen LogP contribution < -0.4 is 10.1 Å². The molecular weight excluding hydrogens is 675 g/mol. The topological polar surface area (TPSA) is 214 Å².